The van der Waals surface area contributed by atoms with Crippen molar-refractivity contribution >= 4 is 5.91 Å². The maximum absolute atomic E-state index is 12.0. The normalized spacial score (nSPS) is 10.4. The van der Waals surface area contributed by atoms with E-state index in [0.717, 1.165) is 28.1 Å². The van der Waals surface area contributed by atoms with Gasteiger partial charge < -0.3 is 15.0 Å². The first-order chi connectivity index (χ1) is 10.9. The number of ether oxygens (including phenoxy) is 1. The van der Waals surface area contributed by atoms with E-state index in [9.17, 15) is 9.59 Å². The van der Waals surface area contributed by atoms with Crippen molar-refractivity contribution in [2.24, 2.45) is 0 Å². The number of benzene rings is 1. The highest BCUT2D eigenvalue weighted by Gasteiger charge is 2.10. The van der Waals surface area contributed by atoms with Gasteiger partial charge in [-0.3, -0.25) is 9.59 Å². The van der Waals surface area contributed by atoms with Gasteiger partial charge in [0.2, 0.25) is 0 Å². The SMILES string of the molecule is Cc1cc(C)c(CNC(=O)COc2c(C)cccc2C)c(=O)[nH]1. The standard InChI is InChI=1S/C18H22N2O3/c1-11-6-5-7-12(2)17(11)23-10-16(21)19-9-15-13(3)8-14(4)20-18(15)22/h5-8H,9-10H2,1-4H3,(H,19,21)(H,20,22). The highest BCUT2D eigenvalue weighted by Crippen LogP contribution is 2.21. The molecule has 5 heteroatoms. The lowest BCUT2D eigenvalue weighted by Gasteiger charge is -2.12. The van der Waals surface area contributed by atoms with Gasteiger partial charge in [-0.05, 0) is 50.5 Å². The Balaban J connectivity index is 1.95. The number of hydrogen-bond acceptors (Lipinski definition) is 3. The van der Waals surface area contributed by atoms with Crippen LogP contribution in [0.1, 0.15) is 27.9 Å². The van der Waals surface area contributed by atoms with Crippen LogP contribution in [-0.2, 0) is 11.3 Å². The molecule has 1 aromatic carbocycles. The zero-order valence-corrected chi connectivity index (χ0v) is 13.9. The molecule has 0 aliphatic heterocycles. The Morgan fingerprint density at radius 2 is 1.78 bits per heavy atom. The topological polar surface area (TPSA) is 71.2 Å². The number of aryl methyl sites for hydroxylation is 4. The molecule has 0 radical (unpaired) electrons. The Morgan fingerprint density at radius 1 is 1.13 bits per heavy atom. The van der Waals surface area contributed by atoms with Gasteiger partial charge in [-0.2, -0.15) is 0 Å². The summed E-state index contributed by atoms with van der Waals surface area (Å²) in [5.74, 6) is 0.471. The fourth-order valence-electron chi connectivity index (χ4n) is 2.50. The molecule has 23 heavy (non-hydrogen) atoms. The molecule has 1 heterocycles. The summed E-state index contributed by atoms with van der Waals surface area (Å²) >= 11 is 0. The first-order valence-electron chi connectivity index (χ1n) is 7.53. The van der Waals surface area contributed by atoms with Gasteiger partial charge in [0.25, 0.3) is 11.5 Å². The second kappa shape index (κ2) is 7.13. The molecule has 5 nitrogen and oxygen atoms in total. The summed E-state index contributed by atoms with van der Waals surface area (Å²) in [5, 5.41) is 2.73. The number of carbonyl (C=O) groups is 1. The minimum Gasteiger partial charge on any atom is -0.483 e. The summed E-state index contributed by atoms with van der Waals surface area (Å²) in [6.45, 7) is 7.68. The highest BCUT2D eigenvalue weighted by atomic mass is 16.5. The van der Waals surface area contributed by atoms with Gasteiger partial charge >= 0.3 is 0 Å². The summed E-state index contributed by atoms with van der Waals surface area (Å²) in [4.78, 5) is 26.6. The molecule has 2 rings (SSSR count). The van der Waals surface area contributed by atoms with Crippen LogP contribution >= 0.6 is 0 Å². The molecule has 0 fully saturated rings. The monoisotopic (exact) mass is 314 g/mol. The molecule has 2 N–H and O–H groups in total. The van der Waals surface area contributed by atoms with E-state index in [2.05, 4.69) is 10.3 Å². The molecule has 1 aromatic heterocycles. The van der Waals surface area contributed by atoms with Crippen molar-refractivity contribution in [2.75, 3.05) is 6.61 Å². The van der Waals surface area contributed by atoms with E-state index in [1.165, 1.54) is 0 Å². The molecule has 122 valence electrons. The van der Waals surface area contributed by atoms with E-state index in [4.69, 9.17) is 4.74 Å². The van der Waals surface area contributed by atoms with Gasteiger partial charge in [-0.25, -0.2) is 0 Å². The first kappa shape index (κ1) is 16.8. The lowest BCUT2D eigenvalue weighted by Crippen LogP contribution is -2.31. The van der Waals surface area contributed by atoms with Crippen molar-refractivity contribution in [3.05, 3.63) is 62.6 Å². The minimum absolute atomic E-state index is 0.0749. The Hall–Kier alpha value is -2.56. The number of para-hydroxylation sites is 1. The number of pyridine rings is 1. The number of carbonyl (C=O) groups excluding carboxylic acids is 1. The quantitative estimate of drug-likeness (QED) is 0.889. The van der Waals surface area contributed by atoms with Crippen LogP contribution in [-0.4, -0.2) is 17.5 Å². The molecule has 0 atom stereocenters. The predicted molar refractivity (Wildman–Crippen MR) is 89.8 cm³/mol. The summed E-state index contributed by atoms with van der Waals surface area (Å²) < 4.78 is 5.60. The molecule has 0 saturated carbocycles. The third kappa shape index (κ3) is 4.22. The molecule has 0 unspecified atom stereocenters. The summed E-state index contributed by atoms with van der Waals surface area (Å²) in [5.41, 5.74) is 4.05. The molecule has 2 aromatic rings. The number of amides is 1. The van der Waals surface area contributed by atoms with Crippen LogP contribution in [0.4, 0.5) is 0 Å². The maximum Gasteiger partial charge on any atom is 0.258 e. The Labute approximate surface area is 135 Å². The summed E-state index contributed by atoms with van der Waals surface area (Å²) in [6, 6.07) is 7.71. The van der Waals surface area contributed by atoms with Gasteiger partial charge in [0.15, 0.2) is 6.61 Å². The van der Waals surface area contributed by atoms with Gasteiger partial charge in [0, 0.05) is 17.8 Å². The van der Waals surface area contributed by atoms with E-state index in [1.807, 2.05) is 52.0 Å². The predicted octanol–water partition coefficient (Wildman–Crippen LogP) is 2.30. The summed E-state index contributed by atoms with van der Waals surface area (Å²) in [7, 11) is 0. The number of H-pyrrole nitrogens is 1. The van der Waals surface area contributed by atoms with Crippen LogP contribution in [0.3, 0.4) is 0 Å². The molecular weight excluding hydrogens is 292 g/mol. The molecule has 0 bridgehead atoms. The molecule has 1 amide bonds. The van der Waals surface area contributed by atoms with E-state index >= 15 is 0 Å². The third-order valence-corrected chi connectivity index (χ3v) is 3.71. The Kier molecular flexibility index (Phi) is 5.21. The summed E-state index contributed by atoms with van der Waals surface area (Å²) in [6.07, 6.45) is 0. The second-order valence-corrected chi connectivity index (χ2v) is 5.73. The number of aromatic nitrogens is 1. The first-order valence-corrected chi connectivity index (χ1v) is 7.53. The van der Waals surface area contributed by atoms with Crippen LogP contribution in [0.5, 0.6) is 5.75 Å². The zero-order valence-electron chi connectivity index (χ0n) is 13.9. The average Bonchev–Trinajstić information content (AvgIpc) is 2.45. The van der Waals surface area contributed by atoms with Crippen LogP contribution < -0.4 is 15.6 Å². The van der Waals surface area contributed by atoms with Crippen molar-refractivity contribution in [1.82, 2.24) is 10.3 Å². The van der Waals surface area contributed by atoms with Crippen LogP contribution in [0.2, 0.25) is 0 Å². The van der Waals surface area contributed by atoms with Crippen LogP contribution in [0, 0.1) is 27.7 Å². The third-order valence-electron chi connectivity index (χ3n) is 3.71. The van der Waals surface area contributed by atoms with E-state index in [-0.39, 0.29) is 24.6 Å². The lowest BCUT2D eigenvalue weighted by molar-refractivity contribution is -0.123. The van der Waals surface area contributed by atoms with Crippen molar-refractivity contribution in [2.45, 2.75) is 34.2 Å². The van der Waals surface area contributed by atoms with Gasteiger partial charge in [-0.15, -0.1) is 0 Å². The largest absolute Gasteiger partial charge is 0.483 e. The van der Waals surface area contributed by atoms with Crippen molar-refractivity contribution in [1.29, 1.82) is 0 Å². The Bertz CT molecular complexity index is 758. The lowest BCUT2D eigenvalue weighted by atomic mass is 10.1. The fraction of sp³-hybridized carbons (Fsp3) is 0.333. The van der Waals surface area contributed by atoms with Crippen molar-refractivity contribution in [3.8, 4) is 5.75 Å². The van der Waals surface area contributed by atoms with Crippen molar-refractivity contribution in [3.63, 3.8) is 0 Å². The van der Waals surface area contributed by atoms with E-state index in [1.54, 1.807) is 0 Å². The van der Waals surface area contributed by atoms with Gasteiger partial charge in [-0.1, -0.05) is 18.2 Å². The average molecular weight is 314 g/mol. The number of rotatable bonds is 5. The van der Waals surface area contributed by atoms with E-state index in [0.29, 0.717) is 5.56 Å². The fourth-order valence-corrected chi connectivity index (χ4v) is 2.50. The van der Waals surface area contributed by atoms with Gasteiger partial charge in [0.1, 0.15) is 5.75 Å². The van der Waals surface area contributed by atoms with Crippen LogP contribution in [0.25, 0.3) is 0 Å². The minimum atomic E-state index is -0.257. The highest BCUT2D eigenvalue weighted by molar-refractivity contribution is 5.77. The molecule has 0 spiro atoms. The van der Waals surface area contributed by atoms with Gasteiger partial charge in [0.05, 0.1) is 0 Å². The van der Waals surface area contributed by atoms with E-state index < -0.39 is 0 Å². The number of hydrogen-bond donors (Lipinski definition) is 2. The van der Waals surface area contributed by atoms with Crippen molar-refractivity contribution < 1.29 is 9.53 Å². The second-order valence-electron chi connectivity index (χ2n) is 5.73. The molecular formula is C18H22N2O3. The molecule has 0 aliphatic carbocycles. The molecule has 0 saturated heterocycles. The smallest absolute Gasteiger partial charge is 0.258 e. The number of aromatic amines is 1. The zero-order chi connectivity index (χ0) is 17.0. The Morgan fingerprint density at radius 3 is 2.39 bits per heavy atom. The maximum atomic E-state index is 12.0. The molecule has 0 aliphatic rings. The van der Waals surface area contributed by atoms with Crippen LogP contribution in [0.15, 0.2) is 29.1 Å². The number of nitrogens with one attached hydrogen (secondary N) is 2.